The Morgan fingerprint density at radius 1 is 1.20 bits per heavy atom. The Morgan fingerprint density at radius 2 is 1.96 bits per heavy atom. The molecule has 0 bridgehead atoms. The maximum Gasteiger partial charge on any atom is 0.347 e. The number of halogens is 3. The normalized spacial score (nSPS) is 11.5. The molecule has 2 aromatic rings. The molecule has 0 heterocycles. The summed E-state index contributed by atoms with van der Waals surface area (Å²) in [7, 11) is 0. The summed E-state index contributed by atoms with van der Waals surface area (Å²) in [4.78, 5) is 23.6. The van der Waals surface area contributed by atoms with Crippen LogP contribution in [0.3, 0.4) is 0 Å². The summed E-state index contributed by atoms with van der Waals surface area (Å²) in [5.74, 6) is -1.58. The molecule has 5 nitrogen and oxygen atoms in total. The number of amides is 1. The van der Waals surface area contributed by atoms with Crippen LogP contribution in [0.25, 0.3) is 0 Å². The fraction of sp³-hybridized carbons (Fsp3) is 0.176. The van der Waals surface area contributed by atoms with Gasteiger partial charge < -0.3 is 14.8 Å². The monoisotopic (exact) mass is 385 g/mol. The average molecular weight is 386 g/mol. The van der Waals surface area contributed by atoms with Gasteiger partial charge in [0, 0.05) is 10.7 Å². The second-order valence-electron chi connectivity index (χ2n) is 5.00. The van der Waals surface area contributed by atoms with Crippen LogP contribution in [-0.4, -0.2) is 24.6 Å². The molecule has 0 unspecified atom stereocenters. The Balaban J connectivity index is 1.83. The molecule has 0 aliphatic rings. The van der Waals surface area contributed by atoms with E-state index < -0.39 is 30.4 Å². The fourth-order valence-electron chi connectivity index (χ4n) is 1.83. The van der Waals surface area contributed by atoms with Crippen LogP contribution >= 0.6 is 23.2 Å². The summed E-state index contributed by atoms with van der Waals surface area (Å²) >= 11 is 11.7. The maximum atomic E-state index is 13.0. The zero-order valence-electron chi connectivity index (χ0n) is 13.1. The molecule has 2 rings (SSSR count). The standard InChI is InChI=1S/C17H14Cl2FNO4/c1-10(25-15-6-5-11(18)7-14(15)19)17(23)24-9-16(22)21-13-4-2-3-12(20)8-13/h2-8,10H,9H2,1H3,(H,21,22)/t10-/m1/s1. The van der Waals surface area contributed by atoms with Crippen molar-refractivity contribution in [1.82, 2.24) is 0 Å². The minimum Gasteiger partial charge on any atom is -0.477 e. The second-order valence-corrected chi connectivity index (χ2v) is 5.84. The SMILES string of the molecule is C[C@@H](Oc1ccc(Cl)cc1Cl)C(=O)OCC(=O)Nc1cccc(F)c1. The number of benzene rings is 2. The number of carbonyl (C=O) groups excluding carboxylic acids is 2. The van der Waals surface area contributed by atoms with Crippen LogP contribution in [0.15, 0.2) is 42.5 Å². The van der Waals surface area contributed by atoms with E-state index in [0.29, 0.717) is 5.02 Å². The summed E-state index contributed by atoms with van der Waals surface area (Å²) < 4.78 is 23.3. The van der Waals surface area contributed by atoms with Crippen molar-refractivity contribution in [2.45, 2.75) is 13.0 Å². The molecule has 0 saturated heterocycles. The van der Waals surface area contributed by atoms with Crippen molar-refractivity contribution in [2.24, 2.45) is 0 Å². The van der Waals surface area contributed by atoms with E-state index in [1.54, 1.807) is 6.07 Å². The van der Waals surface area contributed by atoms with Crippen LogP contribution in [0.2, 0.25) is 10.0 Å². The maximum absolute atomic E-state index is 13.0. The number of anilines is 1. The predicted molar refractivity (Wildman–Crippen MR) is 92.5 cm³/mol. The largest absolute Gasteiger partial charge is 0.477 e. The first-order valence-electron chi connectivity index (χ1n) is 7.19. The number of ether oxygens (including phenoxy) is 2. The molecule has 25 heavy (non-hydrogen) atoms. The molecule has 0 spiro atoms. The Hall–Kier alpha value is -2.31. The lowest BCUT2D eigenvalue weighted by Gasteiger charge is -2.15. The van der Waals surface area contributed by atoms with Crippen LogP contribution in [0, 0.1) is 5.82 Å². The molecule has 0 aliphatic heterocycles. The van der Waals surface area contributed by atoms with Crippen LogP contribution in [0.4, 0.5) is 10.1 Å². The first kappa shape index (κ1) is 19.0. The van der Waals surface area contributed by atoms with Gasteiger partial charge in [-0.1, -0.05) is 29.3 Å². The lowest BCUT2D eigenvalue weighted by molar-refractivity contribution is -0.153. The first-order chi connectivity index (χ1) is 11.8. The highest BCUT2D eigenvalue weighted by Crippen LogP contribution is 2.28. The number of hydrogen-bond acceptors (Lipinski definition) is 4. The van der Waals surface area contributed by atoms with Gasteiger partial charge in [0.05, 0.1) is 5.02 Å². The van der Waals surface area contributed by atoms with Crippen molar-refractivity contribution in [1.29, 1.82) is 0 Å². The van der Waals surface area contributed by atoms with Crippen molar-refractivity contribution in [2.75, 3.05) is 11.9 Å². The topological polar surface area (TPSA) is 64.6 Å². The number of carbonyl (C=O) groups is 2. The summed E-state index contributed by atoms with van der Waals surface area (Å²) in [6, 6.07) is 9.91. The van der Waals surface area contributed by atoms with Gasteiger partial charge in [-0.15, -0.1) is 0 Å². The molecule has 0 aliphatic carbocycles. The van der Waals surface area contributed by atoms with E-state index in [0.717, 1.165) is 6.07 Å². The number of esters is 1. The summed E-state index contributed by atoms with van der Waals surface area (Å²) in [6.45, 7) is 0.926. The molecular weight excluding hydrogens is 372 g/mol. The highest BCUT2D eigenvalue weighted by molar-refractivity contribution is 6.35. The highest BCUT2D eigenvalue weighted by atomic mass is 35.5. The molecular formula is C17H14Cl2FNO4. The Kier molecular flexibility index (Phi) is 6.61. The highest BCUT2D eigenvalue weighted by Gasteiger charge is 2.19. The van der Waals surface area contributed by atoms with Crippen LogP contribution in [0.5, 0.6) is 5.75 Å². The van der Waals surface area contributed by atoms with E-state index in [-0.39, 0.29) is 16.5 Å². The van der Waals surface area contributed by atoms with Gasteiger partial charge >= 0.3 is 5.97 Å². The third-order valence-corrected chi connectivity index (χ3v) is 3.51. The van der Waals surface area contributed by atoms with Gasteiger partial charge in [-0.3, -0.25) is 4.79 Å². The molecule has 1 atom stereocenters. The molecule has 132 valence electrons. The van der Waals surface area contributed by atoms with E-state index in [1.165, 1.54) is 37.3 Å². The zero-order chi connectivity index (χ0) is 18.4. The molecule has 1 N–H and O–H groups in total. The Bertz CT molecular complexity index is 785. The van der Waals surface area contributed by atoms with E-state index in [1.807, 2.05) is 0 Å². The molecule has 0 fully saturated rings. The van der Waals surface area contributed by atoms with Crippen molar-refractivity contribution < 1.29 is 23.5 Å². The van der Waals surface area contributed by atoms with Crippen molar-refractivity contribution in [3.05, 3.63) is 58.3 Å². The van der Waals surface area contributed by atoms with Gasteiger partial charge in [-0.2, -0.15) is 0 Å². The molecule has 8 heteroatoms. The lowest BCUT2D eigenvalue weighted by atomic mass is 10.3. The summed E-state index contributed by atoms with van der Waals surface area (Å²) in [5, 5.41) is 3.09. The van der Waals surface area contributed by atoms with Crippen molar-refractivity contribution >= 4 is 40.8 Å². The van der Waals surface area contributed by atoms with Gasteiger partial charge in [0.2, 0.25) is 0 Å². The van der Waals surface area contributed by atoms with Crippen LogP contribution in [-0.2, 0) is 14.3 Å². The molecule has 0 aromatic heterocycles. The third kappa shape index (κ3) is 5.92. The quantitative estimate of drug-likeness (QED) is 0.760. The van der Waals surface area contributed by atoms with Crippen LogP contribution in [0.1, 0.15) is 6.92 Å². The second kappa shape index (κ2) is 8.69. The first-order valence-corrected chi connectivity index (χ1v) is 7.94. The summed E-state index contributed by atoms with van der Waals surface area (Å²) in [6.07, 6.45) is -0.986. The minimum atomic E-state index is -0.986. The zero-order valence-corrected chi connectivity index (χ0v) is 14.6. The Morgan fingerprint density at radius 3 is 2.64 bits per heavy atom. The summed E-state index contributed by atoms with van der Waals surface area (Å²) in [5.41, 5.74) is 0.262. The van der Waals surface area contributed by atoms with E-state index in [2.05, 4.69) is 5.32 Å². The number of hydrogen-bond donors (Lipinski definition) is 1. The van der Waals surface area contributed by atoms with Gasteiger partial charge in [0.15, 0.2) is 12.7 Å². The van der Waals surface area contributed by atoms with Crippen molar-refractivity contribution in [3.63, 3.8) is 0 Å². The van der Waals surface area contributed by atoms with Gasteiger partial charge in [0.1, 0.15) is 11.6 Å². The lowest BCUT2D eigenvalue weighted by Crippen LogP contribution is -2.29. The smallest absolute Gasteiger partial charge is 0.347 e. The van der Waals surface area contributed by atoms with Gasteiger partial charge in [0.25, 0.3) is 5.91 Å². The Labute approximate surface area is 153 Å². The average Bonchev–Trinajstić information content (AvgIpc) is 2.55. The van der Waals surface area contributed by atoms with Crippen molar-refractivity contribution in [3.8, 4) is 5.75 Å². The molecule has 0 radical (unpaired) electrons. The minimum absolute atomic E-state index is 0.246. The van der Waals surface area contributed by atoms with E-state index >= 15 is 0 Å². The van der Waals surface area contributed by atoms with Crippen LogP contribution < -0.4 is 10.1 Å². The predicted octanol–water partition coefficient (Wildman–Crippen LogP) is 4.08. The van der Waals surface area contributed by atoms with E-state index in [9.17, 15) is 14.0 Å². The number of nitrogens with one attached hydrogen (secondary N) is 1. The fourth-order valence-corrected chi connectivity index (χ4v) is 2.28. The van der Waals surface area contributed by atoms with E-state index in [4.69, 9.17) is 32.7 Å². The van der Waals surface area contributed by atoms with Gasteiger partial charge in [-0.05, 0) is 43.3 Å². The molecule has 1 amide bonds. The molecule has 0 saturated carbocycles. The number of rotatable bonds is 6. The third-order valence-electron chi connectivity index (χ3n) is 2.98. The molecule has 2 aromatic carbocycles. The van der Waals surface area contributed by atoms with Gasteiger partial charge in [-0.25, -0.2) is 9.18 Å².